The van der Waals surface area contributed by atoms with Crippen LogP contribution in [0.5, 0.6) is 0 Å². The summed E-state index contributed by atoms with van der Waals surface area (Å²) < 4.78 is 5.62. The third-order valence-electron chi connectivity index (χ3n) is 3.02. The molecule has 1 aliphatic rings. The van der Waals surface area contributed by atoms with E-state index in [9.17, 15) is 0 Å². The van der Waals surface area contributed by atoms with Gasteiger partial charge >= 0.3 is 0 Å². The van der Waals surface area contributed by atoms with Gasteiger partial charge in [0.1, 0.15) is 5.76 Å². The predicted molar refractivity (Wildman–Crippen MR) is 58.2 cm³/mol. The molecule has 4 heteroatoms. The van der Waals surface area contributed by atoms with Gasteiger partial charge in [-0.1, -0.05) is 0 Å². The largest absolute Gasteiger partial charge is 0.443 e. The summed E-state index contributed by atoms with van der Waals surface area (Å²) in [6.45, 7) is 6.00. The lowest BCUT2D eigenvalue weighted by molar-refractivity contribution is 0.178. The minimum Gasteiger partial charge on any atom is -0.443 e. The molecule has 0 aromatic carbocycles. The monoisotopic (exact) mass is 209 g/mol. The van der Waals surface area contributed by atoms with Gasteiger partial charge in [-0.3, -0.25) is 4.90 Å². The van der Waals surface area contributed by atoms with E-state index in [4.69, 9.17) is 10.2 Å². The van der Waals surface area contributed by atoms with Gasteiger partial charge in [-0.2, -0.15) is 0 Å². The van der Waals surface area contributed by atoms with Gasteiger partial charge in [0.15, 0.2) is 0 Å². The van der Waals surface area contributed by atoms with Crippen LogP contribution < -0.4 is 5.73 Å². The van der Waals surface area contributed by atoms with Crippen LogP contribution >= 0.6 is 0 Å². The van der Waals surface area contributed by atoms with Crippen LogP contribution in [0.4, 0.5) is 0 Å². The van der Waals surface area contributed by atoms with Crippen LogP contribution in [0.2, 0.25) is 0 Å². The smallest absolute Gasteiger partial charge is 0.211 e. The van der Waals surface area contributed by atoms with Gasteiger partial charge < -0.3 is 10.2 Å². The summed E-state index contributed by atoms with van der Waals surface area (Å²) in [6, 6.07) is 0.899. The molecule has 0 bridgehead atoms. The van der Waals surface area contributed by atoms with Gasteiger partial charge in [0.2, 0.25) is 5.89 Å². The number of hydrogen-bond donors (Lipinski definition) is 1. The second-order valence-electron chi connectivity index (χ2n) is 4.36. The molecule has 0 amide bonds. The van der Waals surface area contributed by atoms with Gasteiger partial charge in [0.05, 0.1) is 18.8 Å². The Labute approximate surface area is 90.5 Å². The molecule has 1 aliphatic heterocycles. The Balaban J connectivity index is 2.15. The van der Waals surface area contributed by atoms with E-state index in [1.807, 2.05) is 0 Å². The molecular weight excluding hydrogens is 190 g/mol. The highest BCUT2D eigenvalue weighted by atomic mass is 16.4. The maximum Gasteiger partial charge on any atom is 0.211 e. The molecule has 0 saturated carbocycles. The fraction of sp³-hybridized carbons (Fsp3) is 0.727. The molecule has 1 fully saturated rings. The maximum atomic E-state index is 5.62. The second kappa shape index (κ2) is 4.33. The van der Waals surface area contributed by atoms with Gasteiger partial charge in [-0.05, 0) is 33.2 Å². The highest BCUT2D eigenvalue weighted by Gasteiger charge is 2.31. The third kappa shape index (κ3) is 2.06. The molecule has 4 nitrogen and oxygen atoms in total. The molecule has 1 aromatic rings. The molecule has 84 valence electrons. The number of hydrogen-bond acceptors (Lipinski definition) is 4. The first-order valence-electron chi connectivity index (χ1n) is 5.62. The third-order valence-corrected chi connectivity index (χ3v) is 3.02. The van der Waals surface area contributed by atoms with E-state index in [1.165, 1.54) is 6.42 Å². The van der Waals surface area contributed by atoms with Crippen LogP contribution in [-0.4, -0.2) is 22.5 Å². The summed E-state index contributed by atoms with van der Waals surface area (Å²) in [5, 5.41) is 0. The molecule has 1 aromatic heterocycles. The van der Waals surface area contributed by atoms with E-state index < -0.39 is 0 Å². The van der Waals surface area contributed by atoms with Crippen molar-refractivity contribution in [3.63, 3.8) is 0 Å². The topological polar surface area (TPSA) is 55.3 Å². The van der Waals surface area contributed by atoms with Crippen molar-refractivity contribution in [3.8, 4) is 0 Å². The highest BCUT2D eigenvalue weighted by Crippen LogP contribution is 2.32. The maximum absolute atomic E-state index is 5.62. The molecule has 0 spiro atoms. The first kappa shape index (κ1) is 10.6. The lowest BCUT2D eigenvalue weighted by atomic mass is 10.2. The van der Waals surface area contributed by atoms with Crippen LogP contribution in [0.1, 0.15) is 44.4 Å². The average Bonchev–Trinajstić information content (AvgIpc) is 2.85. The minimum atomic E-state index is 0.352. The van der Waals surface area contributed by atoms with Crippen molar-refractivity contribution in [1.29, 1.82) is 0 Å². The van der Waals surface area contributed by atoms with Crippen LogP contribution in [0.15, 0.2) is 10.6 Å². The second-order valence-corrected chi connectivity index (χ2v) is 4.36. The molecule has 0 radical (unpaired) electrons. The first-order valence-corrected chi connectivity index (χ1v) is 5.62. The standard InChI is InChI=1S/C11H19N3O/c1-8(2)14-5-3-4-10(14)11-13-7-9(6-12)15-11/h7-8,10H,3-6,12H2,1-2H3. The Bertz CT molecular complexity index is 321. The van der Waals surface area contributed by atoms with E-state index >= 15 is 0 Å². The van der Waals surface area contributed by atoms with Crippen molar-refractivity contribution in [2.45, 2.75) is 45.3 Å². The van der Waals surface area contributed by atoms with Crippen molar-refractivity contribution in [3.05, 3.63) is 17.8 Å². The Morgan fingerprint density at radius 3 is 3.07 bits per heavy atom. The molecule has 2 N–H and O–H groups in total. The summed E-state index contributed by atoms with van der Waals surface area (Å²) in [5.41, 5.74) is 5.51. The zero-order valence-electron chi connectivity index (χ0n) is 9.44. The normalized spacial score (nSPS) is 22.8. The molecule has 2 heterocycles. The quantitative estimate of drug-likeness (QED) is 0.823. The van der Waals surface area contributed by atoms with Crippen molar-refractivity contribution in [2.24, 2.45) is 5.73 Å². The van der Waals surface area contributed by atoms with Crippen LogP contribution in [0.3, 0.4) is 0 Å². The van der Waals surface area contributed by atoms with Crippen LogP contribution in [0, 0.1) is 0 Å². The number of oxazole rings is 1. The van der Waals surface area contributed by atoms with Crippen molar-refractivity contribution in [1.82, 2.24) is 9.88 Å². The molecule has 2 rings (SSSR count). The lowest BCUT2D eigenvalue weighted by Gasteiger charge is -2.25. The lowest BCUT2D eigenvalue weighted by Crippen LogP contribution is -2.30. The Morgan fingerprint density at radius 1 is 1.67 bits per heavy atom. The molecule has 0 aliphatic carbocycles. The van der Waals surface area contributed by atoms with Gasteiger partial charge in [-0.25, -0.2) is 4.98 Å². The number of likely N-dealkylation sites (tertiary alicyclic amines) is 1. The number of rotatable bonds is 3. The Morgan fingerprint density at radius 2 is 2.47 bits per heavy atom. The van der Waals surface area contributed by atoms with Crippen molar-refractivity contribution in [2.75, 3.05) is 6.54 Å². The van der Waals surface area contributed by atoms with E-state index in [-0.39, 0.29) is 0 Å². The Hall–Kier alpha value is -0.870. The molecule has 15 heavy (non-hydrogen) atoms. The Kier molecular flexibility index (Phi) is 3.07. The summed E-state index contributed by atoms with van der Waals surface area (Å²) in [5.74, 6) is 1.61. The van der Waals surface area contributed by atoms with Gasteiger partial charge in [0, 0.05) is 6.04 Å². The van der Waals surface area contributed by atoms with Crippen LogP contribution in [-0.2, 0) is 6.54 Å². The molecule has 1 atom stereocenters. The van der Waals surface area contributed by atoms with E-state index in [2.05, 4.69) is 23.7 Å². The van der Waals surface area contributed by atoms with Crippen LogP contribution in [0.25, 0.3) is 0 Å². The first-order chi connectivity index (χ1) is 7.22. The summed E-state index contributed by atoms with van der Waals surface area (Å²) in [4.78, 5) is 6.75. The van der Waals surface area contributed by atoms with Gasteiger partial charge in [0.25, 0.3) is 0 Å². The number of nitrogens with two attached hydrogens (primary N) is 1. The summed E-state index contributed by atoms with van der Waals surface area (Å²) in [6.07, 6.45) is 4.11. The van der Waals surface area contributed by atoms with Crippen molar-refractivity contribution >= 4 is 0 Å². The number of aromatic nitrogens is 1. The van der Waals surface area contributed by atoms with E-state index in [1.54, 1.807) is 6.20 Å². The summed E-state index contributed by atoms with van der Waals surface area (Å²) >= 11 is 0. The highest BCUT2D eigenvalue weighted by molar-refractivity contribution is 5.00. The molecule has 1 saturated heterocycles. The molecule has 1 unspecified atom stereocenters. The number of nitrogens with zero attached hydrogens (tertiary/aromatic N) is 2. The molecular formula is C11H19N3O. The summed E-state index contributed by atoms with van der Waals surface area (Å²) in [7, 11) is 0. The zero-order valence-corrected chi connectivity index (χ0v) is 9.44. The minimum absolute atomic E-state index is 0.352. The fourth-order valence-electron chi connectivity index (χ4n) is 2.24. The van der Waals surface area contributed by atoms with E-state index in [0.29, 0.717) is 18.6 Å². The van der Waals surface area contributed by atoms with E-state index in [0.717, 1.165) is 24.6 Å². The average molecular weight is 209 g/mol. The van der Waals surface area contributed by atoms with Gasteiger partial charge in [-0.15, -0.1) is 0 Å². The predicted octanol–water partition coefficient (Wildman–Crippen LogP) is 1.68. The van der Waals surface area contributed by atoms with Crippen molar-refractivity contribution < 1.29 is 4.42 Å². The fourth-order valence-corrected chi connectivity index (χ4v) is 2.24. The SMILES string of the molecule is CC(C)N1CCCC1c1ncc(CN)o1. The zero-order chi connectivity index (χ0) is 10.8.